The second-order valence-corrected chi connectivity index (χ2v) is 1.96. The molecular formula is C7H14N2O. The summed E-state index contributed by atoms with van der Waals surface area (Å²) in [6, 6.07) is 1.91. The summed E-state index contributed by atoms with van der Waals surface area (Å²) < 4.78 is 4.91. The molecule has 0 saturated heterocycles. The van der Waals surface area contributed by atoms with Crippen LogP contribution < -0.4 is 5.32 Å². The van der Waals surface area contributed by atoms with Gasteiger partial charge in [-0.15, -0.1) is 0 Å². The van der Waals surface area contributed by atoms with Gasteiger partial charge < -0.3 is 10.1 Å². The predicted molar refractivity (Wildman–Crippen MR) is 39.6 cm³/mol. The van der Waals surface area contributed by atoms with Crippen molar-refractivity contribution in [3.8, 4) is 6.07 Å². The van der Waals surface area contributed by atoms with Crippen molar-refractivity contribution in [2.24, 2.45) is 0 Å². The summed E-state index contributed by atoms with van der Waals surface area (Å²) in [5, 5.41) is 11.2. The highest BCUT2D eigenvalue weighted by atomic mass is 16.5. The normalized spacial score (nSPS) is 9.20. The molecule has 0 aromatic heterocycles. The minimum Gasteiger partial charge on any atom is -0.365 e. The minimum absolute atomic E-state index is 0.202. The third kappa shape index (κ3) is 7.41. The van der Waals surface area contributed by atoms with E-state index in [1.54, 1.807) is 0 Å². The van der Waals surface area contributed by atoms with Crippen LogP contribution >= 0.6 is 0 Å². The quantitative estimate of drug-likeness (QED) is 0.550. The van der Waals surface area contributed by atoms with E-state index >= 15 is 0 Å². The average molecular weight is 142 g/mol. The van der Waals surface area contributed by atoms with E-state index in [2.05, 4.69) is 12.2 Å². The van der Waals surface area contributed by atoms with Gasteiger partial charge in [-0.2, -0.15) is 5.26 Å². The van der Waals surface area contributed by atoms with Crippen molar-refractivity contribution >= 4 is 0 Å². The van der Waals surface area contributed by atoms with E-state index in [1.165, 1.54) is 0 Å². The summed E-state index contributed by atoms with van der Waals surface area (Å²) in [4.78, 5) is 0. The van der Waals surface area contributed by atoms with Gasteiger partial charge in [0.05, 0.1) is 12.7 Å². The summed E-state index contributed by atoms with van der Waals surface area (Å²) in [5.74, 6) is 0. The molecule has 58 valence electrons. The lowest BCUT2D eigenvalue weighted by atomic mass is 10.5. The Labute approximate surface area is 62.0 Å². The van der Waals surface area contributed by atoms with Crippen LogP contribution in [0.25, 0.3) is 0 Å². The highest BCUT2D eigenvalue weighted by Crippen LogP contribution is 1.72. The van der Waals surface area contributed by atoms with E-state index in [0.717, 1.165) is 19.5 Å². The first kappa shape index (κ1) is 9.41. The Balaban J connectivity index is 2.72. The number of nitrogens with zero attached hydrogens (tertiary/aromatic N) is 1. The van der Waals surface area contributed by atoms with Crippen molar-refractivity contribution in [2.45, 2.75) is 13.3 Å². The van der Waals surface area contributed by atoms with Crippen molar-refractivity contribution in [1.82, 2.24) is 5.32 Å². The van der Waals surface area contributed by atoms with Gasteiger partial charge in [0, 0.05) is 6.54 Å². The fourth-order valence-electron chi connectivity index (χ4n) is 0.564. The Morgan fingerprint density at radius 1 is 1.50 bits per heavy atom. The Kier molecular flexibility index (Phi) is 7.91. The van der Waals surface area contributed by atoms with E-state index in [0.29, 0.717) is 6.61 Å². The van der Waals surface area contributed by atoms with E-state index in [9.17, 15) is 0 Å². The molecule has 0 fully saturated rings. The molecule has 0 aliphatic heterocycles. The van der Waals surface area contributed by atoms with Crippen LogP contribution in [-0.4, -0.2) is 26.3 Å². The summed E-state index contributed by atoms with van der Waals surface area (Å²) in [5.41, 5.74) is 0. The van der Waals surface area contributed by atoms with Crippen LogP contribution in [0, 0.1) is 11.3 Å². The third-order valence-electron chi connectivity index (χ3n) is 1.02. The largest absolute Gasteiger partial charge is 0.365 e. The summed E-state index contributed by atoms with van der Waals surface area (Å²) in [6.07, 6.45) is 1.14. The fraction of sp³-hybridized carbons (Fsp3) is 0.857. The zero-order valence-corrected chi connectivity index (χ0v) is 6.39. The number of rotatable bonds is 6. The minimum atomic E-state index is 0.202. The van der Waals surface area contributed by atoms with Gasteiger partial charge in [0.1, 0.15) is 6.61 Å². The van der Waals surface area contributed by atoms with Crippen LogP contribution in [0.4, 0.5) is 0 Å². The number of ether oxygens (including phenoxy) is 1. The Morgan fingerprint density at radius 2 is 2.30 bits per heavy atom. The predicted octanol–water partition coefficient (Wildman–Crippen LogP) is 0.526. The molecule has 0 aliphatic carbocycles. The Hall–Kier alpha value is -0.590. The fourth-order valence-corrected chi connectivity index (χ4v) is 0.564. The lowest BCUT2D eigenvalue weighted by Crippen LogP contribution is -2.20. The molecule has 0 spiro atoms. The molecule has 0 aliphatic rings. The molecule has 0 heterocycles. The maximum atomic E-state index is 8.07. The molecule has 3 heteroatoms. The van der Waals surface area contributed by atoms with Crippen LogP contribution in [0.1, 0.15) is 13.3 Å². The SMILES string of the molecule is CCCNCCOCC#N. The van der Waals surface area contributed by atoms with Crippen LogP contribution in [0.3, 0.4) is 0 Å². The van der Waals surface area contributed by atoms with Gasteiger partial charge in [0.2, 0.25) is 0 Å². The van der Waals surface area contributed by atoms with Crippen LogP contribution in [0.5, 0.6) is 0 Å². The highest BCUT2D eigenvalue weighted by molar-refractivity contribution is 4.66. The molecule has 0 bridgehead atoms. The van der Waals surface area contributed by atoms with Crippen molar-refractivity contribution in [3.63, 3.8) is 0 Å². The molecule has 0 saturated carbocycles. The third-order valence-corrected chi connectivity index (χ3v) is 1.02. The smallest absolute Gasteiger partial charge is 0.133 e. The van der Waals surface area contributed by atoms with Gasteiger partial charge in [0.15, 0.2) is 0 Å². The first-order valence-corrected chi connectivity index (χ1v) is 3.57. The Morgan fingerprint density at radius 3 is 2.90 bits per heavy atom. The molecule has 0 aromatic carbocycles. The van der Waals surface area contributed by atoms with Crippen LogP contribution in [-0.2, 0) is 4.74 Å². The maximum Gasteiger partial charge on any atom is 0.133 e. The van der Waals surface area contributed by atoms with Gasteiger partial charge in [0.25, 0.3) is 0 Å². The van der Waals surface area contributed by atoms with Crippen molar-refractivity contribution in [1.29, 1.82) is 5.26 Å². The Bertz CT molecular complexity index is 98.3. The molecule has 0 aromatic rings. The second kappa shape index (κ2) is 8.41. The van der Waals surface area contributed by atoms with E-state index in [-0.39, 0.29) is 6.61 Å². The number of hydrogen-bond acceptors (Lipinski definition) is 3. The summed E-state index contributed by atoms with van der Waals surface area (Å²) in [6.45, 7) is 4.82. The summed E-state index contributed by atoms with van der Waals surface area (Å²) in [7, 11) is 0. The topological polar surface area (TPSA) is 45.0 Å². The van der Waals surface area contributed by atoms with E-state index in [1.807, 2.05) is 6.07 Å². The number of nitriles is 1. The molecule has 10 heavy (non-hydrogen) atoms. The van der Waals surface area contributed by atoms with Crippen molar-refractivity contribution in [3.05, 3.63) is 0 Å². The highest BCUT2D eigenvalue weighted by Gasteiger charge is 1.84. The van der Waals surface area contributed by atoms with Gasteiger partial charge in [-0.25, -0.2) is 0 Å². The van der Waals surface area contributed by atoms with Gasteiger partial charge in [-0.1, -0.05) is 6.92 Å². The lowest BCUT2D eigenvalue weighted by Gasteiger charge is -2.00. The maximum absolute atomic E-state index is 8.07. The molecule has 1 N–H and O–H groups in total. The molecule has 3 nitrogen and oxygen atoms in total. The zero-order valence-electron chi connectivity index (χ0n) is 6.39. The second-order valence-electron chi connectivity index (χ2n) is 1.96. The van der Waals surface area contributed by atoms with Gasteiger partial charge in [-0.05, 0) is 13.0 Å². The first-order valence-electron chi connectivity index (χ1n) is 3.57. The molecule has 0 unspecified atom stereocenters. The standard InChI is InChI=1S/C7H14N2O/c1-2-4-9-5-7-10-6-3-8/h9H,2,4-7H2,1H3. The number of hydrogen-bond donors (Lipinski definition) is 1. The lowest BCUT2D eigenvalue weighted by molar-refractivity contribution is 0.167. The van der Waals surface area contributed by atoms with Gasteiger partial charge in [-0.3, -0.25) is 0 Å². The number of nitrogens with one attached hydrogen (secondary N) is 1. The summed E-state index contributed by atoms with van der Waals surface area (Å²) >= 11 is 0. The molecule has 0 rings (SSSR count). The van der Waals surface area contributed by atoms with Crippen LogP contribution in [0.15, 0.2) is 0 Å². The average Bonchev–Trinajstić information content (AvgIpc) is 1.97. The van der Waals surface area contributed by atoms with E-state index in [4.69, 9.17) is 10.00 Å². The molecule has 0 atom stereocenters. The monoisotopic (exact) mass is 142 g/mol. The van der Waals surface area contributed by atoms with E-state index < -0.39 is 0 Å². The molecule has 0 amide bonds. The zero-order chi connectivity index (χ0) is 7.66. The van der Waals surface area contributed by atoms with Crippen molar-refractivity contribution < 1.29 is 4.74 Å². The molecular weight excluding hydrogens is 128 g/mol. The van der Waals surface area contributed by atoms with Crippen molar-refractivity contribution in [2.75, 3.05) is 26.3 Å². The molecule has 0 radical (unpaired) electrons. The van der Waals surface area contributed by atoms with Gasteiger partial charge >= 0.3 is 0 Å². The van der Waals surface area contributed by atoms with Crippen LogP contribution in [0.2, 0.25) is 0 Å². The first-order chi connectivity index (χ1) is 4.91.